The molecule has 0 spiro atoms. The van der Waals surface area contributed by atoms with Gasteiger partial charge in [-0.1, -0.05) is 129 Å². The van der Waals surface area contributed by atoms with E-state index in [4.69, 9.17) is 0 Å². The molecule has 0 fully saturated rings. The first kappa shape index (κ1) is 33.2. The second kappa shape index (κ2) is 26.8. The van der Waals surface area contributed by atoms with Crippen molar-refractivity contribution in [3.05, 3.63) is 12.2 Å². The highest BCUT2D eigenvalue weighted by Gasteiger charge is 2.12. The molecule has 3 heteroatoms. The Morgan fingerprint density at radius 1 is 0.618 bits per heavy atom. The van der Waals surface area contributed by atoms with E-state index in [-0.39, 0.29) is 5.91 Å². The first-order chi connectivity index (χ1) is 16.6. The third-order valence-electron chi connectivity index (χ3n) is 6.80. The molecule has 1 unspecified atom stereocenters. The fourth-order valence-corrected chi connectivity index (χ4v) is 4.66. The molecule has 0 rings (SSSR count). The van der Waals surface area contributed by atoms with Gasteiger partial charge in [0.2, 0.25) is 5.91 Å². The maximum atomic E-state index is 12.3. The molecule has 34 heavy (non-hydrogen) atoms. The summed E-state index contributed by atoms with van der Waals surface area (Å²) in [6, 6.07) is 0.369. The van der Waals surface area contributed by atoms with Gasteiger partial charge < -0.3 is 10.2 Å². The van der Waals surface area contributed by atoms with Crippen LogP contribution in [-0.2, 0) is 4.79 Å². The summed E-state index contributed by atoms with van der Waals surface area (Å²) in [4.78, 5) is 14.2. The summed E-state index contributed by atoms with van der Waals surface area (Å²) >= 11 is 0. The largest absolute Gasteiger partial charge is 0.352 e. The van der Waals surface area contributed by atoms with Crippen LogP contribution in [0.25, 0.3) is 0 Å². The van der Waals surface area contributed by atoms with Crippen molar-refractivity contribution in [1.82, 2.24) is 10.2 Å². The first-order valence-corrected chi connectivity index (χ1v) is 15.2. The molecule has 0 aromatic carbocycles. The number of carbonyl (C=O) groups excluding carboxylic acids is 1. The molecule has 1 atom stereocenters. The molecular formula is C31H62N2O. The van der Waals surface area contributed by atoms with Gasteiger partial charge in [0.1, 0.15) is 0 Å². The van der Waals surface area contributed by atoms with Crippen LogP contribution in [0.3, 0.4) is 0 Å². The van der Waals surface area contributed by atoms with E-state index < -0.39 is 0 Å². The Labute approximate surface area is 214 Å². The molecule has 0 aromatic heterocycles. The molecule has 0 aromatic rings. The van der Waals surface area contributed by atoms with E-state index in [0.717, 1.165) is 12.8 Å². The Balaban J connectivity index is 3.82. The third kappa shape index (κ3) is 25.8. The van der Waals surface area contributed by atoms with Gasteiger partial charge in [-0.05, 0) is 52.6 Å². The van der Waals surface area contributed by atoms with E-state index in [1.807, 2.05) is 19.0 Å². The number of likely N-dealkylation sites (N-methyl/N-ethyl adjacent to an activating group) is 1. The molecule has 0 bridgehead atoms. The summed E-state index contributed by atoms with van der Waals surface area (Å²) in [6.45, 7) is 5.06. The number of allylic oxidation sites excluding steroid dienone is 2. The number of carbonyl (C=O) groups is 1. The van der Waals surface area contributed by atoms with Crippen LogP contribution in [0.5, 0.6) is 0 Å². The van der Waals surface area contributed by atoms with Crippen molar-refractivity contribution in [1.29, 1.82) is 0 Å². The summed E-state index contributed by atoms with van der Waals surface area (Å²) in [5.74, 6) is 0.186. The lowest BCUT2D eigenvalue weighted by Crippen LogP contribution is -2.40. The fourth-order valence-electron chi connectivity index (χ4n) is 4.66. The Morgan fingerprint density at radius 3 is 1.41 bits per heavy atom. The minimum atomic E-state index is 0.186. The highest BCUT2D eigenvalue weighted by molar-refractivity contribution is 5.78. The molecular weight excluding hydrogens is 416 g/mol. The van der Waals surface area contributed by atoms with Gasteiger partial charge in [-0.3, -0.25) is 4.79 Å². The second-order valence-electron chi connectivity index (χ2n) is 10.8. The zero-order chi connectivity index (χ0) is 25.1. The predicted octanol–water partition coefficient (Wildman–Crippen LogP) is 9.21. The average Bonchev–Trinajstić information content (AvgIpc) is 2.80. The van der Waals surface area contributed by atoms with Crippen LogP contribution in [0, 0.1) is 0 Å². The van der Waals surface area contributed by atoms with E-state index in [0.29, 0.717) is 12.6 Å². The second-order valence-corrected chi connectivity index (χ2v) is 10.8. The van der Waals surface area contributed by atoms with Gasteiger partial charge >= 0.3 is 0 Å². The molecule has 3 nitrogen and oxygen atoms in total. The van der Waals surface area contributed by atoms with Gasteiger partial charge in [0, 0.05) is 6.04 Å². The lowest BCUT2D eigenvalue weighted by atomic mass is 9.99. The van der Waals surface area contributed by atoms with Crippen LogP contribution in [0.1, 0.15) is 155 Å². The van der Waals surface area contributed by atoms with Crippen molar-refractivity contribution in [2.45, 2.75) is 161 Å². The van der Waals surface area contributed by atoms with Gasteiger partial charge in [-0.25, -0.2) is 0 Å². The maximum Gasteiger partial charge on any atom is 0.234 e. The molecule has 1 amide bonds. The monoisotopic (exact) mass is 478 g/mol. The van der Waals surface area contributed by atoms with Crippen LogP contribution in [0.15, 0.2) is 12.2 Å². The smallest absolute Gasteiger partial charge is 0.234 e. The summed E-state index contributed by atoms with van der Waals surface area (Å²) < 4.78 is 0. The summed E-state index contributed by atoms with van der Waals surface area (Å²) in [7, 11) is 3.93. The maximum absolute atomic E-state index is 12.3. The number of hydrogen-bond donors (Lipinski definition) is 1. The molecule has 1 N–H and O–H groups in total. The van der Waals surface area contributed by atoms with E-state index in [1.165, 1.54) is 128 Å². The number of rotatable bonds is 26. The van der Waals surface area contributed by atoms with Crippen LogP contribution >= 0.6 is 0 Å². The van der Waals surface area contributed by atoms with Gasteiger partial charge in [0.05, 0.1) is 6.54 Å². The van der Waals surface area contributed by atoms with Crippen molar-refractivity contribution < 1.29 is 4.79 Å². The molecule has 0 saturated heterocycles. The molecule has 0 aliphatic rings. The Kier molecular flexibility index (Phi) is 26.1. The first-order valence-electron chi connectivity index (χ1n) is 15.2. The van der Waals surface area contributed by atoms with Crippen LogP contribution in [-0.4, -0.2) is 37.5 Å². The number of unbranched alkanes of at least 4 members (excludes halogenated alkanes) is 17. The number of amides is 1. The SMILES string of the molecule is CCCCCCCCC=CCCCCCCCC(CCCCCCCCC)NC(=O)CN(C)C. The van der Waals surface area contributed by atoms with Gasteiger partial charge in [-0.2, -0.15) is 0 Å². The summed E-state index contributed by atoms with van der Waals surface area (Å²) in [6.07, 6.45) is 33.9. The van der Waals surface area contributed by atoms with Crippen molar-refractivity contribution in [2.75, 3.05) is 20.6 Å². The lowest BCUT2D eigenvalue weighted by Gasteiger charge is -2.20. The zero-order valence-corrected chi connectivity index (χ0v) is 23.9. The summed E-state index contributed by atoms with van der Waals surface area (Å²) in [5.41, 5.74) is 0. The van der Waals surface area contributed by atoms with Gasteiger partial charge in [-0.15, -0.1) is 0 Å². The number of nitrogens with zero attached hydrogens (tertiary/aromatic N) is 1. The lowest BCUT2D eigenvalue weighted by molar-refractivity contribution is -0.122. The topological polar surface area (TPSA) is 32.3 Å². The Bertz CT molecular complexity index is 447. The molecule has 202 valence electrons. The fraction of sp³-hybridized carbons (Fsp3) is 0.903. The molecule has 0 aliphatic carbocycles. The molecule has 0 saturated carbocycles. The minimum absolute atomic E-state index is 0.186. The quantitative estimate of drug-likeness (QED) is 0.0992. The van der Waals surface area contributed by atoms with E-state index >= 15 is 0 Å². The van der Waals surface area contributed by atoms with Crippen molar-refractivity contribution >= 4 is 5.91 Å². The van der Waals surface area contributed by atoms with Crippen molar-refractivity contribution in [3.8, 4) is 0 Å². The van der Waals surface area contributed by atoms with Crippen LogP contribution in [0.4, 0.5) is 0 Å². The van der Waals surface area contributed by atoms with Crippen molar-refractivity contribution in [2.24, 2.45) is 0 Å². The molecule has 0 aliphatic heterocycles. The van der Waals surface area contributed by atoms with E-state index in [2.05, 4.69) is 31.3 Å². The van der Waals surface area contributed by atoms with Crippen molar-refractivity contribution in [3.63, 3.8) is 0 Å². The Hall–Kier alpha value is -0.830. The van der Waals surface area contributed by atoms with Crippen LogP contribution < -0.4 is 5.32 Å². The standard InChI is InChI=1S/C31H62N2O/c1-5-7-9-11-13-14-15-16-17-18-19-20-22-24-26-28-30(32-31(34)29-33(3)4)27-25-23-21-12-10-8-6-2/h16-17,30H,5-15,18-29H2,1-4H3,(H,32,34). The zero-order valence-electron chi connectivity index (χ0n) is 23.9. The molecule has 0 heterocycles. The number of hydrogen-bond acceptors (Lipinski definition) is 2. The Morgan fingerprint density at radius 2 is 1.00 bits per heavy atom. The van der Waals surface area contributed by atoms with Gasteiger partial charge in [0.25, 0.3) is 0 Å². The average molecular weight is 479 g/mol. The molecule has 0 radical (unpaired) electrons. The van der Waals surface area contributed by atoms with Crippen LogP contribution in [0.2, 0.25) is 0 Å². The minimum Gasteiger partial charge on any atom is -0.352 e. The number of nitrogens with one attached hydrogen (secondary N) is 1. The highest BCUT2D eigenvalue weighted by Crippen LogP contribution is 2.15. The van der Waals surface area contributed by atoms with E-state index in [1.54, 1.807) is 0 Å². The normalized spacial score (nSPS) is 12.6. The highest BCUT2D eigenvalue weighted by atomic mass is 16.2. The summed E-state index contributed by atoms with van der Waals surface area (Å²) in [5, 5.41) is 3.32. The van der Waals surface area contributed by atoms with E-state index in [9.17, 15) is 4.79 Å². The third-order valence-corrected chi connectivity index (χ3v) is 6.80. The van der Waals surface area contributed by atoms with Gasteiger partial charge in [0.15, 0.2) is 0 Å². The predicted molar refractivity (Wildman–Crippen MR) is 153 cm³/mol.